The van der Waals surface area contributed by atoms with Gasteiger partial charge in [0.2, 0.25) is 0 Å². The molecule has 2 aliphatic rings. The molecule has 1 fully saturated rings. The van der Waals surface area contributed by atoms with Gasteiger partial charge >= 0.3 is 6.09 Å². The van der Waals surface area contributed by atoms with Crippen LogP contribution in [0.1, 0.15) is 75.2 Å². The number of fused-ring (bicyclic) bond motifs is 2. The number of benzene rings is 1. The molecule has 0 saturated heterocycles. The first-order valence-electron chi connectivity index (χ1n) is 12.5. The number of hydrogen-bond acceptors (Lipinski definition) is 4. The van der Waals surface area contributed by atoms with Crippen molar-refractivity contribution in [1.82, 2.24) is 16.0 Å². The summed E-state index contributed by atoms with van der Waals surface area (Å²) in [7, 11) is 0. The van der Waals surface area contributed by atoms with Crippen LogP contribution in [-0.4, -0.2) is 37.2 Å². The zero-order valence-corrected chi connectivity index (χ0v) is 20.5. The molecule has 6 heteroatoms. The van der Waals surface area contributed by atoms with Gasteiger partial charge in [0, 0.05) is 18.7 Å². The van der Waals surface area contributed by atoms with E-state index < -0.39 is 11.7 Å². The zero-order chi connectivity index (χ0) is 23.7. The van der Waals surface area contributed by atoms with E-state index in [0.717, 1.165) is 49.2 Å². The second kappa shape index (κ2) is 12.2. The molecule has 1 aromatic rings. The van der Waals surface area contributed by atoms with Crippen LogP contribution >= 0.6 is 0 Å². The predicted molar refractivity (Wildman–Crippen MR) is 132 cm³/mol. The highest BCUT2D eigenvalue weighted by Crippen LogP contribution is 2.42. The summed E-state index contributed by atoms with van der Waals surface area (Å²) in [6, 6.07) is 7.29. The topological polar surface area (TPSA) is 79.5 Å². The molecule has 3 N–H and O–H groups in total. The van der Waals surface area contributed by atoms with Crippen LogP contribution in [0, 0.1) is 17.8 Å². The van der Waals surface area contributed by atoms with E-state index >= 15 is 0 Å². The summed E-state index contributed by atoms with van der Waals surface area (Å²) in [5, 5.41) is 9.36. The van der Waals surface area contributed by atoms with Gasteiger partial charge in [-0.05, 0) is 95.0 Å². The number of allylic oxidation sites excluding steroid dienone is 2. The fourth-order valence-electron chi connectivity index (χ4n) is 4.71. The average molecular weight is 456 g/mol. The molecule has 33 heavy (non-hydrogen) atoms. The van der Waals surface area contributed by atoms with Crippen LogP contribution in [-0.2, 0) is 11.3 Å². The molecule has 0 spiro atoms. The standard InChI is InChI=1S/C27H41N3O3/c1-27(2,3)33-26(32)30-18-20-8-11-22(12-9-20)25(31)29-15-7-5-4-6-14-28-19-24-17-21-10-13-23(24)16-21/h8-13,21,23-24,28H,4-7,14-19H2,1-3H3,(H,29,31)(H,30,32). The van der Waals surface area contributed by atoms with E-state index in [1.807, 2.05) is 32.9 Å². The zero-order valence-electron chi connectivity index (χ0n) is 20.5. The van der Waals surface area contributed by atoms with Crippen LogP contribution < -0.4 is 16.0 Å². The lowest BCUT2D eigenvalue weighted by Gasteiger charge is -2.19. The summed E-state index contributed by atoms with van der Waals surface area (Å²) >= 11 is 0. The molecule has 3 rings (SSSR count). The van der Waals surface area contributed by atoms with Crippen LogP contribution in [0.3, 0.4) is 0 Å². The van der Waals surface area contributed by atoms with Gasteiger partial charge in [0.15, 0.2) is 0 Å². The maximum absolute atomic E-state index is 12.3. The molecule has 0 heterocycles. The number of nitrogens with one attached hydrogen (secondary N) is 3. The lowest BCUT2D eigenvalue weighted by Crippen LogP contribution is -2.32. The van der Waals surface area contributed by atoms with Crippen molar-refractivity contribution in [1.29, 1.82) is 0 Å². The van der Waals surface area contributed by atoms with Gasteiger partial charge in [0.25, 0.3) is 5.91 Å². The third-order valence-electron chi connectivity index (χ3n) is 6.44. The van der Waals surface area contributed by atoms with Gasteiger partial charge in [-0.2, -0.15) is 0 Å². The van der Waals surface area contributed by atoms with Crippen molar-refractivity contribution >= 4 is 12.0 Å². The Morgan fingerprint density at radius 1 is 0.939 bits per heavy atom. The minimum Gasteiger partial charge on any atom is -0.444 e. The van der Waals surface area contributed by atoms with E-state index in [9.17, 15) is 9.59 Å². The maximum atomic E-state index is 12.3. The molecule has 2 amide bonds. The van der Waals surface area contributed by atoms with Gasteiger partial charge in [-0.15, -0.1) is 0 Å². The Bertz CT molecular complexity index is 798. The molecule has 2 bridgehead atoms. The Hall–Kier alpha value is -2.34. The van der Waals surface area contributed by atoms with Crippen molar-refractivity contribution in [3.05, 3.63) is 47.5 Å². The molecule has 0 aliphatic heterocycles. The van der Waals surface area contributed by atoms with Crippen LogP contribution in [0.2, 0.25) is 0 Å². The van der Waals surface area contributed by atoms with Crippen molar-refractivity contribution in [2.75, 3.05) is 19.6 Å². The molecule has 3 atom stereocenters. The van der Waals surface area contributed by atoms with Crippen molar-refractivity contribution in [2.45, 2.75) is 71.4 Å². The van der Waals surface area contributed by atoms with E-state index in [1.165, 1.54) is 25.7 Å². The van der Waals surface area contributed by atoms with Crippen LogP contribution in [0.25, 0.3) is 0 Å². The van der Waals surface area contributed by atoms with E-state index in [1.54, 1.807) is 12.1 Å². The van der Waals surface area contributed by atoms with Crippen LogP contribution in [0.15, 0.2) is 36.4 Å². The monoisotopic (exact) mass is 455 g/mol. The molecule has 1 saturated carbocycles. The van der Waals surface area contributed by atoms with Gasteiger partial charge in [0.05, 0.1) is 0 Å². The number of carbonyl (C=O) groups excluding carboxylic acids is 2. The van der Waals surface area contributed by atoms with Gasteiger partial charge in [-0.1, -0.05) is 37.1 Å². The van der Waals surface area contributed by atoms with E-state index in [4.69, 9.17) is 4.74 Å². The second-order valence-electron chi connectivity index (χ2n) is 10.5. The fourth-order valence-corrected chi connectivity index (χ4v) is 4.71. The SMILES string of the molecule is CC(C)(C)OC(=O)NCc1ccc(C(=O)NCCCCCCNCC2CC3C=CC2C3)cc1. The summed E-state index contributed by atoms with van der Waals surface area (Å²) < 4.78 is 5.22. The minimum atomic E-state index is -0.518. The second-order valence-corrected chi connectivity index (χ2v) is 10.5. The number of amides is 2. The molecule has 0 aromatic heterocycles. The van der Waals surface area contributed by atoms with E-state index in [2.05, 4.69) is 28.1 Å². The van der Waals surface area contributed by atoms with Crippen molar-refractivity contribution in [3.8, 4) is 0 Å². The van der Waals surface area contributed by atoms with E-state index in [-0.39, 0.29) is 5.91 Å². The van der Waals surface area contributed by atoms with Crippen molar-refractivity contribution in [2.24, 2.45) is 17.8 Å². The highest BCUT2D eigenvalue weighted by Gasteiger charge is 2.34. The van der Waals surface area contributed by atoms with Gasteiger partial charge in [-0.25, -0.2) is 4.79 Å². The first-order chi connectivity index (χ1) is 15.8. The number of alkyl carbamates (subject to hydrolysis) is 1. The predicted octanol–water partition coefficient (Wildman–Crippen LogP) is 4.80. The summed E-state index contributed by atoms with van der Waals surface area (Å²) in [5.74, 6) is 2.49. The summed E-state index contributed by atoms with van der Waals surface area (Å²) in [5.41, 5.74) is 1.04. The summed E-state index contributed by atoms with van der Waals surface area (Å²) in [4.78, 5) is 24.0. The summed E-state index contributed by atoms with van der Waals surface area (Å²) in [6.45, 7) is 8.81. The molecular formula is C27H41N3O3. The van der Waals surface area contributed by atoms with E-state index in [0.29, 0.717) is 18.7 Å². The highest BCUT2D eigenvalue weighted by molar-refractivity contribution is 5.94. The molecule has 6 nitrogen and oxygen atoms in total. The van der Waals surface area contributed by atoms with Crippen LogP contribution in [0.5, 0.6) is 0 Å². The smallest absolute Gasteiger partial charge is 0.407 e. The minimum absolute atomic E-state index is 0.0526. The Labute approximate surface area is 198 Å². The highest BCUT2D eigenvalue weighted by atomic mass is 16.6. The first-order valence-corrected chi connectivity index (χ1v) is 12.5. The van der Waals surface area contributed by atoms with Crippen LogP contribution in [0.4, 0.5) is 4.79 Å². The lowest BCUT2D eigenvalue weighted by molar-refractivity contribution is 0.0523. The average Bonchev–Trinajstić information content (AvgIpc) is 3.39. The third-order valence-corrected chi connectivity index (χ3v) is 6.44. The van der Waals surface area contributed by atoms with Crippen molar-refractivity contribution < 1.29 is 14.3 Å². The lowest BCUT2D eigenvalue weighted by atomic mass is 9.93. The molecular weight excluding hydrogens is 414 g/mol. The number of ether oxygens (including phenoxy) is 1. The number of hydrogen-bond donors (Lipinski definition) is 3. The Morgan fingerprint density at radius 2 is 1.67 bits per heavy atom. The molecule has 182 valence electrons. The van der Waals surface area contributed by atoms with Crippen molar-refractivity contribution in [3.63, 3.8) is 0 Å². The largest absolute Gasteiger partial charge is 0.444 e. The molecule has 3 unspecified atom stereocenters. The third kappa shape index (κ3) is 8.84. The quantitative estimate of drug-likeness (QED) is 0.312. The molecule has 2 aliphatic carbocycles. The van der Waals surface area contributed by atoms with Gasteiger partial charge in [-0.3, -0.25) is 4.79 Å². The fraction of sp³-hybridized carbons (Fsp3) is 0.630. The normalized spacial score (nSPS) is 21.2. The van der Waals surface area contributed by atoms with Gasteiger partial charge in [0.1, 0.15) is 5.60 Å². The Balaban J connectivity index is 1.19. The maximum Gasteiger partial charge on any atom is 0.407 e. The number of carbonyl (C=O) groups is 2. The molecule has 0 radical (unpaired) electrons. The number of rotatable bonds is 12. The van der Waals surface area contributed by atoms with Gasteiger partial charge < -0.3 is 20.7 Å². The first kappa shape index (κ1) is 25.3. The Kier molecular flexibility index (Phi) is 9.36. The summed E-state index contributed by atoms with van der Waals surface area (Å²) in [6.07, 6.45) is 11.7. The Morgan fingerprint density at radius 3 is 2.30 bits per heavy atom. The molecule has 1 aromatic carbocycles. The number of unbranched alkanes of at least 4 members (excludes halogenated alkanes) is 3.